The van der Waals surface area contributed by atoms with Crippen LogP contribution in [0.1, 0.15) is 24.2 Å². The predicted molar refractivity (Wildman–Crippen MR) is 81.4 cm³/mol. The number of benzene rings is 1. The van der Waals surface area contributed by atoms with E-state index in [9.17, 15) is 9.59 Å². The monoisotopic (exact) mass is 316 g/mol. The van der Waals surface area contributed by atoms with Gasteiger partial charge in [0.25, 0.3) is 5.91 Å². The van der Waals surface area contributed by atoms with Gasteiger partial charge in [0.15, 0.2) is 0 Å². The fraction of sp³-hybridized carbons (Fsp3) is 0.429. The Morgan fingerprint density at radius 2 is 1.75 bits per heavy atom. The van der Waals surface area contributed by atoms with Crippen molar-refractivity contribution in [2.75, 3.05) is 26.7 Å². The Bertz CT molecular complexity index is 502. The molecule has 0 fully saturated rings. The Morgan fingerprint density at radius 1 is 1.15 bits per heavy atom. The molecule has 0 bridgehead atoms. The lowest BCUT2D eigenvalue weighted by Crippen LogP contribution is -2.41. The summed E-state index contributed by atoms with van der Waals surface area (Å²) in [7, 11) is 1.57. The van der Waals surface area contributed by atoms with E-state index in [1.54, 1.807) is 30.1 Å². The lowest BCUT2D eigenvalue weighted by molar-refractivity contribution is -0.131. The summed E-state index contributed by atoms with van der Waals surface area (Å²) >= 11 is 11.9. The summed E-state index contributed by atoms with van der Waals surface area (Å²) in [5.41, 5.74) is 0.300. The van der Waals surface area contributed by atoms with Crippen LogP contribution in [0, 0.1) is 0 Å². The molecule has 0 aliphatic rings. The molecule has 1 aromatic rings. The van der Waals surface area contributed by atoms with Gasteiger partial charge in [0.1, 0.15) is 0 Å². The van der Waals surface area contributed by atoms with E-state index >= 15 is 0 Å². The molecule has 0 spiro atoms. The molecule has 0 aromatic heterocycles. The number of hydrogen-bond acceptors (Lipinski definition) is 2. The van der Waals surface area contributed by atoms with Gasteiger partial charge in [-0.05, 0) is 26.0 Å². The second-order valence-electron chi connectivity index (χ2n) is 4.33. The van der Waals surface area contributed by atoms with Crippen molar-refractivity contribution in [1.29, 1.82) is 0 Å². The van der Waals surface area contributed by atoms with Gasteiger partial charge >= 0.3 is 0 Å². The van der Waals surface area contributed by atoms with Crippen molar-refractivity contribution in [3.8, 4) is 0 Å². The summed E-state index contributed by atoms with van der Waals surface area (Å²) in [5.74, 6) is -0.415. The molecule has 0 saturated heterocycles. The molecule has 0 aliphatic carbocycles. The summed E-state index contributed by atoms with van der Waals surface area (Å²) in [6, 6.07) is 4.86. The Morgan fingerprint density at radius 3 is 2.30 bits per heavy atom. The van der Waals surface area contributed by atoms with E-state index in [1.807, 2.05) is 13.8 Å². The van der Waals surface area contributed by atoms with E-state index in [0.717, 1.165) is 0 Å². The van der Waals surface area contributed by atoms with Crippen molar-refractivity contribution in [2.45, 2.75) is 13.8 Å². The van der Waals surface area contributed by atoms with Gasteiger partial charge in [-0.15, -0.1) is 0 Å². The van der Waals surface area contributed by atoms with Crippen molar-refractivity contribution in [1.82, 2.24) is 9.80 Å². The number of likely N-dealkylation sites (N-methyl/N-ethyl adjacent to an activating group) is 2. The average Bonchev–Trinajstić information content (AvgIpc) is 2.42. The Balaban J connectivity index is 2.82. The average molecular weight is 317 g/mol. The smallest absolute Gasteiger partial charge is 0.255 e. The van der Waals surface area contributed by atoms with Gasteiger partial charge < -0.3 is 9.80 Å². The first kappa shape index (κ1) is 16.8. The highest BCUT2D eigenvalue weighted by Gasteiger charge is 2.20. The molecule has 20 heavy (non-hydrogen) atoms. The van der Waals surface area contributed by atoms with Crippen molar-refractivity contribution >= 4 is 35.0 Å². The number of hydrogen-bond donors (Lipinski definition) is 0. The molecule has 6 heteroatoms. The molecule has 0 heterocycles. The molecule has 4 nitrogen and oxygen atoms in total. The number of nitrogens with zero attached hydrogens (tertiary/aromatic N) is 2. The van der Waals surface area contributed by atoms with Crippen molar-refractivity contribution in [3.63, 3.8) is 0 Å². The zero-order valence-electron chi connectivity index (χ0n) is 11.8. The largest absolute Gasteiger partial charge is 0.342 e. The molecule has 0 aliphatic heterocycles. The fourth-order valence-electron chi connectivity index (χ4n) is 1.83. The van der Waals surface area contributed by atoms with Crippen LogP contribution in [-0.2, 0) is 4.79 Å². The molecule has 0 saturated carbocycles. The second kappa shape index (κ2) is 7.50. The lowest BCUT2D eigenvalue weighted by Gasteiger charge is -2.23. The highest BCUT2D eigenvalue weighted by Crippen LogP contribution is 2.26. The maximum atomic E-state index is 12.3. The molecule has 2 amide bonds. The van der Waals surface area contributed by atoms with Gasteiger partial charge in [-0.2, -0.15) is 0 Å². The van der Waals surface area contributed by atoms with Gasteiger partial charge in [0, 0.05) is 20.1 Å². The number of carbonyl (C=O) groups is 2. The molecule has 1 rings (SSSR count). The lowest BCUT2D eigenvalue weighted by atomic mass is 10.2. The molecular weight excluding hydrogens is 299 g/mol. The summed E-state index contributed by atoms with van der Waals surface area (Å²) in [6.45, 7) is 5.06. The van der Waals surface area contributed by atoms with E-state index in [2.05, 4.69) is 0 Å². The molecule has 0 unspecified atom stereocenters. The number of halogens is 2. The van der Waals surface area contributed by atoms with Crippen LogP contribution in [-0.4, -0.2) is 48.3 Å². The Kier molecular flexibility index (Phi) is 6.30. The molecule has 1 aromatic carbocycles. The second-order valence-corrected chi connectivity index (χ2v) is 5.11. The minimum Gasteiger partial charge on any atom is -0.342 e. The van der Waals surface area contributed by atoms with Crippen molar-refractivity contribution in [3.05, 3.63) is 33.8 Å². The molecule has 0 N–H and O–H groups in total. The van der Waals surface area contributed by atoms with Crippen LogP contribution in [0.4, 0.5) is 0 Å². The Labute approximate surface area is 129 Å². The molecule has 110 valence electrons. The predicted octanol–water partition coefficient (Wildman–Crippen LogP) is 2.93. The summed E-state index contributed by atoms with van der Waals surface area (Å²) in [4.78, 5) is 27.3. The van der Waals surface area contributed by atoms with E-state index in [0.29, 0.717) is 23.7 Å². The van der Waals surface area contributed by atoms with Gasteiger partial charge in [-0.1, -0.05) is 29.3 Å². The first-order chi connectivity index (χ1) is 9.42. The first-order valence-electron chi connectivity index (χ1n) is 6.39. The van der Waals surface area contributed by atoms with E-state index < -0.39 is 0 Å². The minimum absolute atomic E-state index is 0.0172. The number of carbonyl (C=O) groups excluding carboxylic acids is 2. The topological polar surface area (TPSA) is 40.6 Å². The SMILES string of the molecule is CCN(CC)C(=O)CN(C)C(=O)c1cccc(Cl)c1Cl. The normalized spacial score (nSPS) is 10.2. The zero-order valence-corrected chi connectivity index (χ0v) is 13.3. The maximum absolute atomic E-state index is 12.3. The van der Waals surface area contributed by atoms with E-state index in [4.69, 9.17) is 23.2 Å². The van der Waals surface area contributed by atoms with Crippen LogP contribution in [0.5, 0.6) is 0 Å². The van der Waals surface area contributed by atoms with Crippen LogP contribution in [0.25, 0.3) is 0 Å². The van der Waals surface area contributed by atoms with Crippen LogP contribution in [0.15, 0.2) is 18.2 Å². The number of amides is 2. The van der Waals surface area contributed by atoms with Crippen LogP contribution in [0.2, 0.25) is 10.0 Å². The third kappa shape index (κ3) is 3.87. The van der Waals surface area contributed by atoms with Crippen LogP contribution < -0.4 is 0 Å². The summed E-state index contributed by atoms with van der Waals surface area (Å²) < 4.78 is 0. The molecule has 0 radical (unpaired) electrons. The number of rotatable bonds is 5. The summed E-state index contributed by atoms with van der Waals surface area (Å²) in [5, 5.41) is 0.530. The standard InChI is InChI=1S/C14H18Cl2N2O2/c1-4-18(5-2)12(19)9-17(3)14(20)10-7-6-8-11(15)13(10)16/h6-8H,4-5,9H2,1-3H3. The van der Waals surface area contributed by atoms with Crippen molar-refractivity contribution in [2.24, 2.45) is 0 Å². The first-order valence-corrected chi connectivity index (χ1v) is 7.15. The van der Waals surface area contributed by atoms with Gasteiger partial charge in [0.2, 0.25) is 5.91 Å². The third-order valence-electron chi connectivity index (χ3n) is 3.02. The highest BCUT2D eigenvalue weighted by molar-refractivity contribution is 6.43. The maximum Gasteiger partial charge on any atom is 0.255 e. The van der Waals surface area contributed by atoms with E-state index in [-0.39, 0.29) is 23.4 Å². The van der Waals surface area contributed by atoms with Gasteiger partial charge in [-0.25, -0.2) is 0 Å². The third-order valence-corrected chi connectivity index (χ3v) is 3.84. The zero-order chi connectivity index (χ0) is 15.3. The Hall–Kier alpha value is -1.26. The molecule has 0 atom stereocenters. The summed E-state index contributed by atoms with van der Waals surface area (Å²) in [6.07, 6.45) is 0. The van der Waals surface area contributed by atoms with Crippen molar-refractivity contribution < 1.29 is 9.59 Å². The van der Waals surface area contributed by atoms with Gasteiger partial charge in [-0.3, -0.25) is 9.59 Å². The fourth-order valence-corrected chi connectivity index (χ4v) is 2.21. The van der Waals surface area contributed by atoms with E-state index in [1.165, 1.54) is 4.90 Å². The highest BCUT2D eigenvalue weighted by atomic mass is 35.5. The van der Waals surface area contributed by atoms with Crippen LogP contribution >= 0.6 is 23.2 Å². The minimum atomic E-state index is -0.321. The quantitative estimate of drug-likeness (QED) is 0.838. The van der Waals surface area contributed by atoms with Crippen LogP contribution in [0.3, 0.4) is 0 Å². The molecular formula is C14H18Cl2N2O2. The van der Waals surface area contributed by atoms with Gasteiger partial charge in [0.05, 0.1) is 22.2 Å².